The Bertz CT molecular complexity index is 522. The fourth-order valence-corrected chi connectivity index (χ4v) is 1.84. The number of rotatable bonds is 4. The van der Waals surface area contributed by atoms with Crippen LogP contribution in [0.1, 0.15) is 29.8 Å². The lowest BCUT2D eigenvalue weighted by atomic mass is 10.0. The molecule has 2 rings (SSSR count). The SMILES string of the molecule is CCNC(c1cccc(C(F)(F)F)c1)c1cn[nH]n1. The molecule has 1 heterocycles. The Morgan fingerprint density at radius 3 is 2.74 bits per heavy atom. The van der Waals surface area contributed by atoms with Crippen molar-refractivity contribution in [3.63, 3.8) is 0 Å². The summed E-state index contributed by atoms with van der Waals surface area (Å²) < 4.78 is 38.1. The maximum atomic E-state index is 12.7. The first-order chi connectivity index (χ1) is 9.02. The highest BCUT2D eigenvalue weighted by Crippen LogP contribution is 2.31. The van der Waals surface area contributed by atoms with Crippen molar-refractivity contribution in [1.82, 2.24) is 20.7 Å². The highest BCUT2D eigenvalue weighted by Gasteiger charge is 2.31. The number of benzene rings is 1. The molecule has 102 valence electrons. The van der Waals surface area contributed by atoms with Crippen molar-refractivity contribution in [1.29, 1.82) is 0 Å². The molecule has 0 aliphatic heterocycles. The predicted molar refractivity (Wildman–Crippen MR) is 63.3 cm³/mol. The van der Waals surface area contributed by atoms with Crippen molar-refractivity contribution < 1.29 is 13.2 Å². The molecule has 0 amide bonds. The van der Waals surface area contributed by atoms with Crippen LogP contribution >= 0.6 is 0 Å². The molecule has 0 bridgehead atoms. The zero-order valence-corrected chi connectivity index (χ0v) is 10.2. The van der Waals surface area contributed by atoms with E-state index in [1.807, 2.05) is 6.92 Å². The maximum absolute atomic E-state index is 12.7. The Balaban J connectivity index is 2.37. The second-order valence-corrected chi connectivity index (χ2v) is 4.01. The molecule has 0 aliphatic carbocycles. The van der Waals surface area contributed by atoms with E-state index in [0.717, 1.165) is 12.1 Å². The van der Waals surface area contributed by atoms with E-state index < -0.39 is 17.8 Å². The first-order valence-electron chi connectivity index (χ1n) is 5.78. The molecule has 0 saturated carbocycles. The molecule has 2 N–H and O–H groups in total. The lowest BCUT2D eigenvalue weighted by molar-refractivity contribution is -0.137. The van der Waals surface area contributed by atoms with Crippen LogP contribution in [0.3, 0.4) is 0 Å². The summed E-state index contributed by atoms with van der Waals surface area (Å²) in [6, 6.07) is 4.79. The van der Waals surface area contributed by atoms with Gasteiger partial charge in [-0.1, -0.05) is 19.1 Å². The zero-order valence-electron chi connectivity index (χ0n) is 10.2. The highest BCUT2D eigenvalue weighted by atomic mass is 19.4. The van der Waals surface area contributed by atoms with Crippen LogP contribution in [0, 0.1) is 0 Å². The number of halogens is 3. The lowest BCUT2D eigenvalue weighted by Crippen LogP contribution is -2.22. The number of aromatic amines is 1. The van der Waals surface area contributed by atoms with Crippen molar-refractivity contribution in [3.05, 3.63) is 47.3 Å². The monoisotopic (exact) mass is 270 g/mol. The Hall–Kier alpha value is -1.89. The number of alkyl halides is 3. The number of H-pyrrole nitrogens is 1. The fourth-order valence-electron chi connectivity index (χ4n) is 1.84. The van der Waals surface area contributed by atoms with Gasteiger partial charge < -0.3 is 5.32 Å². The molecular weight excluding hydrogens is 257 g/mol. The summed E-state index contributed by atoms with van der Waals surface area (Å²) >= 11 is 0. The number of nitrogens with zero attached hydrogens (tertiary/aromatic N) is 2. The molecule has 7 heteroatoms. The van der Waals surface area contributed by atoms with Gasteiger partial charge in [0.05, 0.1) is 17.8 Å². The van der Waals surface area contributed by atoms with E-state index in [2.05, 4.69) is 20.7 Å². The minimum Gasteiger partial charge on any atom is -0.305 e. The smallest absolute Gasteiger partial charge is 0.305 e. The van der Waals surface area contributed by atoms with Gasteiger partial charge in [-0.2, -0.15) is 28.6 Å². The normalized spacial score (nSPS) is 13.5. The van der Waals surface area contributed by atoms with Crippen LogP contribution in [0.25, 0.3) is 0 Å². The van der Waals surface area contributed by atoms with Gasteiger partial charge in [0, 0.05) is 0 Å². The van der Waals surface area contributed by atoms with E-state index in [1.165, 1.54) is 12.3 Å². The minimum absolute atomic E-state index is 0.411. The first kappa shape index (κ1) is 13.5. The number of hydrogen-bond acceptors (Lipinski definition) is 3. The summed E-state index contributed by atoms with van der Waals surface area (Å²) in [6.45, 7) is 2.48. The van der Waals surface area contributed by atoms with Gasteiger partial charge in [-0.25, -0.2) is 0 Å². The lowest BCUT2D eigenvalue weighted by Gasteiger charge is -2.17. The molecule has 0 saturated heterocycles. The summed E-state index contributed by atoms with van der Waals surface area (Å²) in [5.74, 6) is 0. The van der Waals surface area contributed by atoms with E-state index >= 15 is 0 Å². The molecule has 1 aromatic carbocycles. The van der Waals surface area contributed by atoms with Gasteiger partial charge in [0.15, 0.2) is 0 Å². The van der Waals surface area contributed by atoms with E-state index in [-0.39, 0.29) is 0 Å². The topological polar surface area (TPSA) is 53.6 Å². The molecule has 1 atom stereocenters. The summed E-state index contributed by atoms with van der Waals surface area (Å²) in [5, 5.41) is 13.2. The highest BCUT2D eigenvalue weighted by molar-refractivity contribution is 5.31. The maximum Gasteiger partial charge on any atom is 0.416 e. The third-order valence-electron chi connectivity index (χ3n) is 2.68. The summed E-state index contributed by atoms with van der Waals surface area (Å²) in [4.78, 5) is 0. The van der Waals surface area contributed by atoms with Crippen molar-refractivity contribution in [2.45, 2.75) is 19.1 Å². The number of hydrogen-bond donors (Lipinski definition) is 2. The quantitative estimate of drug-likeness (QED) is 0.897. The van der Waals surface area contributed by atoms with Gasteiger partial charge in [-0.05, 0) is 24.2 Å². The summed E-state index contributed by atoms with van der Waals surface area (Å²) in [7, 11) is 0. The number of aromatic nitrogens is 3. The molecule has 1 unspecified atom stereocenters. The average Bonchev–Trinajstić information content (AvgIpc) is 2.88. The van der Waals surface area contributed by atoms with Crippen LogP contribution < -0.4 is 5.32 Å². The van der Waals surface area contributed by atoms with Gasteiger partial charge in [-0.3, -0.25) is 0 Å². The van der Waals surface area contributed by atoms with E-state index in [0.29, 0.717) is 17.8 Å². The van der Waals surface area contributed by atoms with Crippen molar-refractivity contribution in [2.75, 3.05) is 6.54 Å². The molecule has 0 aliphatic rings. The Kier molecular flexibility index (Phi) is 3.84. The molecule has 2 aromatic rings. The van der Waals surface area contributed by atoms with Gasteiger partial charge >= 0.3 is 6.18 Å². The van der Waals surface area contributed by atoms with Gasteiger partial charge in [0.1, 0.15) is 5.69 Å². The van der Waals surface area contributed by atoms with Crippen LogP contribution in [0.4, 0.5) is 13.2 Å². The summed E-state index contributed by atoms with van der Waals surface area (Å²) in [5.41, 5.74) is 0.392. The van der Waals surface area contributed by atoms with Crippen molar-refractivity contribution in [2.24, 2.45) is 0 Å². The minimum atomic E-state index is -4.35. The van der Waals surface area contributed by atoms with Gasteiger partial charge in [-0.15, -0.1) is 0 Å². The van der Waals surface area contributed by atoms with Crippen LogP contribution in [0.15, 0.2) is 30.5 Å². The molecule has 19 heavy (non-hydrogen) atoms. The molecule has 0 radical (unpaired) electrons. The first-order valence-corrected chi connectivity index (χ1v) is 5.78. The molecule has 4 nitrogen and oxygen atoms in total. The fraction of sp³-hybridized carbons (Fsp3) is 0.333. The molecular formula is C12H13F3N4. The average molecular weight is 270 g/mol. The molecule has 0 spiro atoms. The van der Waals surface area contributed by atoms with Crippen LogP contribution in [0.5, 0.6) is 0 Å². The summed E-state index contributed by atoms with van der Waals surface area (Å²) in [6.07, 6.45) is -2.86. The third kappa shape index (κ3) is 3.11. The van der Waals surface area contributed by atoms with Gasteiger partial charge in [0.2, 0.25) is 0 Å². The van der Waals surface area contributed by atoms with E-state index in [9.17, 15) is 13.2 Å². The Morgan fingerprint density at radius 1 is 1.37 bits per heavy atom. The van der Waals surface area contributed by atoms with Crippen molar-refractivity contribution >= 4 is 0 Å². The van der Waals surface area contributed by atoms with Gasteiger partial charge in [0.25, 0.3) is 0 Å². The number of nitrogens with one attached hydrogen (secondary N) is 2. The molecule has 0 fully saturated rings. The second-order valence-electron chi connectivity index (χ2n) is 4.01. The Morgan fingerprint density at radius 2 is 2.16 bits per heavy atom. The Labute approximate surface area is 108 Å². The van der Waals surface area contributed by atoms with E-state index in [1.54, 1.807) is 6.07 Å². The predicted octanol–water partition coefficient (Wildman–Crippen LogP) is 2.52. The standard InChI is InChI=1S/C12H13F3N4/c1-2-16-11(10-7-17-19-18-10)8-4-3-5-9(6-8)12(13,14)15/h3-7,11,16H,2H2,1H3,(H,17,18,19). The second kappa shape index (κ2) is 5.40. The van der Waals surface area contributed by atoms with E-state index in [4.69, 9.17) is 0 Å². The zero-order chi connectivity index (χ0) is 13.9. The third-order valence-corrected chi connectivity index (χ3v) is 2.68. The van der Waals surface area contributed by atoms with Crippen LogP contribution in [-0.4, -0.2) is 22.0 Å². The molecule has 1 aromatic heterocycles. The van der Waals surface area contributed by atoms with Crippen LogP contribution in [-0.2, 0) is 6.18 Å². The van der Waals surface area contributed by atoms with Crippen LogP contribution in [0.2, 0.25) is 0 Å². The largest absolute Gasteiger partial charge is 0.416 e. The van der Waals surface area contributed by atoms with Crippen molar-refractivity contribution in [3.8, 4) is 0 Å².